The van der Waals surface area contributed by atoms with Crippen molar-refractivity contribution in [3.63, 3.8) is 0 Å². The first-order valence-corrected chi connectivity index (χ1v) is 7.87. The average molecular weight is 314 g/mol. The van der Waals surface area contributed by atoms with E-state index < -0.39 is 23.3 Å². The molecule has 0 fully saturated rings. The van der Waals surface area contributed by atoms with Crippen LogP contribution < -0.4 is 0 Å². The molecule has 23 heavy (non-hydrogen) atoms. The molecule has 3 atom stereocenters. The normalized spacial score (nSPS) is 32.3. The number of carbonyl (C=O) groups is 2. The van der Waals surface area contributed by atoms with Crippen molar-refractivity contribution >= 4 is 17.3 Å². The molecule has 0 bridgehead atoms. The van der Waals surface area contributed by atoms with Crippen molar-refractivity contribution in [3.05, 3.63) is 40.0 Å². The Labute approximate surface area is 133 Å². The van der Waals surface area contributed by atoms with Crippen molar-refractivity contribution in [2.45, 2.75) is 38.4 Å². The van der Waals surface area contributed by atoms with Crippen molar-refractivity contribution in [3.8, 4) is 0 Å². The zero-order valence-corrected chi connectivity index (χ0v) is 13.0. The summed E-state index contributed by atoms with van der Waals surface area (Å²) in [5.41, 5.74) is 1.19. The molecular formula is C18H18O5. The van der Waals surface area contributed by atoms with Gasteiger partial charge < -0.3 is 14.9 Å². The van der Waals surface area contributed by atoms with Gasteiger partial charge in [-0.2, -0.15) is 0 Å². The Morgan fingerprint density at radius 1 is 1.26 bits per heavy atom. The number of aliphatic hydroxyl groups excluding tert-OH is 1. The average Bonchev–Trinajstić information content (AvgIpc) is 2.90. The van der Waals surface area contributed by atoms with Crippen LogP contribution >= 0.6 is 0 Å². The van der Waals surface area contributed by atoms with Crippen molar-refractivity contribution in [2.24, 2.45) is 5.92 Å². The van der Waals surface area contributed by atoms with Crippen LogP contribution in [-0.2, 0) is 21.6 Å². The molecule has 1 aliphatic heterocycles. The second-order valence-electron chi connectivity index (χ2n) is 6.83. The quantitative estimate of drug-likeness (QED) is 0.706. The van der Waals surface area contributed by atoms with Crippen LogP contribution in [0.2, 0.25) is 0 Å². The van der Waals surface area contributed by atoms with Gasteiger partial charge in [0.15, 0.2) is 0 Å². The number of hydrogen-bond donors (Lipinski definition) is 2. The summed E-state index contributed by atoms with van der Waals surface area (Å²) in [6, 6.07) is 3.45. The zero-order valence-electron chi connectivity index (χ0n) is 13.0. The zero-order chi connectivity index (χ0) is 16.5. The van der Waals surface area contributed by atoms with E-state index in [1.807, 2.05) is 6.92 Å². The van der Waals surface area contributed by atoms with E-state index in [0.29, 0.717) is 53.0 Å². The number of ketones is 2. The molecule has 5 nitrogen and oxygen atoms in total. The smallest absolute Gasteiger partial charge is 0.234 e. The number of carbonyl (C=O) groups excluding carboxylic acids is 2. The van der Waals surface area contributed by atoms with Crippen molar-refractivity contribution < 1.29 is 24.5 Å². The van der Waals surface area contributed by atoms with Gasteiger partial charge in [-0.15, -0.1) is 0 Å². The number of fused-ring (bicyclic) bond motifs is 4. The van der Waals surface area contributed by atoms with E-state index in [1.165, 1.54) is 6.92 Å². The Hall–Kier alpha value is -1.98. The Balaban J connectivity index is 2.00. The summed E-state index contributed by atoms with van der Waals surface area (Å²) in [6.45, 7) is 3.81. The van der Waals surface area contributed by atoms with E-state index in [1.54, 1.807) is 12.1 Å². The van der Waals surface area contributed by atoms with Crippen LogP contribution in [0, 0.1) is 5.92 Å². The Morgan fingerprint density at radius 2 is 2.00 bits per heavy atom. The van der Waals surface area contributed by atoms with Crippen LogP contribution in [0.3, 0.4) is 0 Å². The molecule has 1 heterocycles. The summed E-state index contributed by atoms with van der Waals surface area (Å²) < 4.78 is 5.67. The third kappa shape index (κ3) is 1.75. The number of ether oxygens (including phenoxy) is 1. The lowest BCUT2D eigenvalue weighted by Gasteiger charge is -2.37. The van der Waals surface area contributed by atoms with Gasteiger partial charge in [0.25, 0.3) is 0 Å². The van der Waals surface area contributed by atoms with Gasteiger partial charge in [-0.25, -0.2) is 0 Å². The van der Waals surface area contributed by atoms with Crippen LogP contribution in [0.5, 0.6) is 0 Å². The molecule has 3 aliphatic rings. The Bertz CT molecular complexity index is 787. The Morgan fingerprint density at radius 3 is 2.74 bits per heavy atom. The number of aliphatic hydroxyl groups is 2. The van der Waals surface area contributed by atoms with E-state index in [2.05, 4.69) is 0 Å². The second-order valence-corrected chi connectivity index (χ2v) is 6.83. The van der Waals surface area contributed by atoms with Gasteiger partial charge in [0.05, 0.1) is 18.3 Å². The first-order chi connectivity index (χ1) is 10.8. The highest BCUT2D eigenvalue weighted by Crippen LogP contribution is 2.44. The molecule has 1 aromatic rings. The summed E-state index contributed by atoms with van der Waals surface area (Å²) in [4.78, 5) is 25.2. The third-order valence-corrected chi connectivity index (χ3v) is 5.31. The van der Waals surface area contributed by atoms with Crippen LogP contribution in [0.15, 0.2) is 17.7 Å². The van der Waals surface area contributed by atoms with Crippen molar-refractivity contribution in [2.75, 3.05) is 6.61 Å². The lowest BCUT2D eigenvalue weighted by atomic mass is 9.72. The topological polar surface area (TPSA) is 83.8 Å². The van der Waals surface area contributed by atoms with E-state index in [9.17, 15) is 19.8 Å². The maximum atomic E-state index is 12.7. The van der Waals surface area contributed by atoms with Gasteiger partial charge in [0.1, 0.15) is 11.4 Å². The fourth-order valence-electron chi connectivity index (χ4n) is 3.95. The Kier molecular flexibility index (Phi) is 2.87. The highest BCUT2D eigenvalue weighted by Gasteiger charge is 2.45. The molecule has 0 aromatic heterocycles. The molecule has 120 valence electrons. The molecule has 5 heteroatoms. The fraction of sp³-hybridized carbons (Fsp3) is 0.444. The van der Waals surface area contributed by atoms with Crippen molar-refractivity contribution in [1.29, 1.82) is 0 Å². The number of benzene rings is 1. The monoisotopic (exact) mass is 314 g/mol. The van der Waals surface area contributed by atoms with Crippen LogP contribution in [-0.4, -0.2) is 34.5 Å². The molecule has 0 saturated heterocycles. The lowest BCUT2D eigenvalue weighted by molar-refractivity contribution is -0.112. The lowest BCUT2D eigenvalue weighted by Crippen LogP contribution is -2.42. The maximum Gasteiger partial charge on any atom is 0.234 e. The van der Waals surface area contributed by atoms with Gasteiger partial charge in [0, 0.05) is 17.0 Å². The fourth-order valence-corrected chi connectivity index (χ4v) is 3.95. The van der Waals surface area contributed by atoms with Crippen LogP contribution in [0.1, 0.15) is 47.3 Å². The van der Waals surface area contributed by atoms with Gasteiger partial charge in [-0.05, 0) is 30.9 Å². The molecule has 1 aromatic carbocycles. The van der Waals surface area contributed by atoms with Gasteiger partial charge in [-0.3, -0.25) is 9.59 Å². The largest absolute Gasteiger partial charge is 0.492 e. The molecule has 2 N–H and O–H groups in total. The second kappa shape index (κ2) is 4.52. The number of hydrogen-bond acceptors (Lipinski definition) is 5. The molecule has 0 radical (unpaired) electrons. The summed E-state index contributed by atoms with van der Waals surface area (Å²) in [7, 11) is 0. The molecule has 0 spiro atoms. The van der Waals surface area contributed by atoms with Crippen LogP contribution in [0.4, 0.5) is 0 Å². The minimum Gasteiger partial charge on any atom is -0.492 e. The molecule has 2 aliphatic carbocycles. The molecular weight excluding hydrogens is 296 g/mol. The number of rotatable bonds is 0. The summed E-state index contributed by atoms with van der Waals surface area (Å²) in [5, 5.41) is 20.6. The van der Waals surface area contributed by atoms with E-state index in [4.69, 9.17) is 4.74 Å². The molecule has 4 rings (SSSR count). The van der Waals surface area contributed by atoms with Crippen LogP contribution in [0.25, 0.3) is 5.76 Å². The van der Waals surface area contributed by atoms with Gasteiger partial charge in [0.2, 0.25) is 11.6 Å². The molecule has 0 saturated carbocycles. The van der Waals surface area contributed by atoms with E-state index in [0.717, 1.165) is 0 Å². The van der Waals surface area contributed by atoms with Gasteiger partial charge in [-0.1, -0.05) is 19.1 Å². The summed E-state index contributed by atoms with van der Waals surface area (Å²) in [6.07, 6.45) is -0.0892. The standard InChI is InChI=1S/C18H18O5/c1-8-7-23-17-10-3-5-11-9(4-6-12(19)18(11,2)22)14(10)16(21)15(20)13(8)17/h3,5,8,12,19,22H,4,6-7H2,1-2H3/t8-,12-,18+/m0/s1. The summed E-state index contributed by atoms with van der Waals surface area (Å²) in [5.74, 6) is -0.613. The van der Waals surface area contributed by atoms with E-state index in [-0.39, 0.29) is 5.92 Å². The molecule has 0 amide bonds. The highest BCUT2D eigenvalue weighted by molar-refractivity contribution is 6.52. The predicted molar refractivity (Wildman–Crippen MR) is 81.7 cm³/mol. The predicted octanol–water partition coefficient (Wildman–Crippen LogP) is 1.34. The first-order valence-electron chi connectivity index (χ1n) is 7.87. The van der Waals surface area contributed by atoms with Gasteiger partial charge >= 0.3 is 0 Å². The third-order valence-electron chi connectivity index (χ3n) is 5.31. The summed E-state index contributed by atoms with van der Waals surface area (Å²) >= 11 is 0. The van der Waals surface area contributed by atoms with Crippen molar-refractivity contribution in [1.82, 2.24) is 0 Å². The minimum atomic E-state index is -1.43. The minimum absolute atomic E-state index is 0.0874. The first kappa shape index (κ1) is 14.6. The van der Waals surface area contributed by atoms with E-state index >= 15 is 0 Å². The highest BCUT2D eigenvalue weighted by atomic mass is 16.5. The SMILES string of the molecule is C[C@H]1COC2=C1C(=O)C(=O)c1c2ccc2c1CC[C@H](O)[C@]2(C)O. The number of Topliss-reactive ketones (excluding diaryl/α,β-unsaturated/α-hetero) is 2. The maximum absolute atomic E-state index is 12.7. The molecule has 0 unspecified atom stereocenters.